The molecule has 2 fully saturated rings. The number of hydrogen-bond acceptors (Lipinski definition) is 2. The highest BCUT2D eigenvalue weighted by Gasteiger charge is 2.31. The summed E-state index contributed by atoms with van der Waals surface area (Å²) >= 11 is 0. The minimum absolute atomic E-state index is 0.105. The predicted molar refractivity (Wildman–Crippen MR) is 68.4 cm³/mol. The maximum absolute atomic E-state index is 12.4. The lowest BCUT2D eigenvalue weighted by molar-refractivity contribution is 0.0263. The summed E-state index contributed by atoms with van der Waals surface area (Å²) in [6.45, 7) is 0.756. The Labute approximate surface area is 107 Å². The van der Waals surface area contributed by atoms with Crippen molar-refractivity contribution in [1.82, 2.24) is 9.47 Å². The molecule has 0 unspecified atom stereocenters. The van der Waals surface area contributed by atoms with Gasteiger partial charge >= 0.3 is 0 Å². The van der Waals surface area contributed by atoms with Crippen LogP contribution in [0.4, 0.5) is 0 Å². The monoisotopic (exact) mass is 248 g/mol. The third-order valence-electron chi connectivity index (χ3n) is 4.03. The van der Waals surface area contributed by atoms with Gasteiger partial charge in [-0.2, -0.15) is 0 Å². The van der Waals surface area contributed by atoms with E-state index in [1.165, 1.54) is 12.8 Å². The molecule has 2 saturated carbocycles. The Balaban J connectivity index is 1.64. The number of amides is 1. The second-order valence-electron chi connectivity index (χ2n) is 5.71. The van der Waals surface area contributed by atoms with Crippen LogP contribution in [0.15, 0.2) is 18.3 Å². The number of aliphatic hydroxyl groups is 1. The first-order valence-corrected chi connectivity index (χ1v) is 6.75. The quantitative estimate of drug-likeness (QED) is 0.881. The van der Waals surface area contributed by atoms with E-state index >= 15 is 0 Å². The normalized spacial score (nSPS) is 26.8. The Morgan fingerprint density at radius 1 is 1.50 bits per heavy atom. The molecule has 0 atom stereocenters. The Morgan fingerprint density at radius 3 is 2.83 bits per heavy atom. The van der Waals surface area contributed by atoms with Gasteiger partial charge in [-0.25, -0.2) is 0 Å². The maximum atomic E-state index is 12.4. The highest BCUT2D eigenvalue weighted by atomic mass is 16.3. The second-order valence-corrected chi connectivity index (χ2v) is 5.71. The fourth-order valence-corrected chi connectivity index (χ4v) is 2.76. The first kappa shape index (κ1) is 11.8. The number of carbonyl (C=O) groups excluding carboxylic acids is 1. The van der Waals surface area contributed by atoms with Crippen LogP contribution in [0.25, 0.3) is 0 Å². The molecule has 1 aromatic rings. The van der Waals surface area contributed by atoms with Crippen LogP contribution in [0.3, 0.4) is 0 Å². The third-order valence-corrected chi connectivity index (χ3v) is 4.03. The highest BCUT2D eigenvalue weighted by molar-refractivity contribution is 5.92. The minimum atomic E-state index is -0.145. The van der Waals surface area contributed by atoms with Crippen LogP contribution in [0.1, 0.15) is 42.2 Å². The topological polar surface area (TPSA) is 45.5 Å². The van der Waals surface area contributed by atoms with E-state index in [1.807, 2.05) is 25.4 Å². The molecule has 1 N–H and O–H groups in total. The molecule has 0 saturated heterocycles. The molecule has 0 spiro atoms. The van der Waals surface area contributed by atoms with Crippen LogP contribution in [0, 0.1) is 5.92 Å². The molecule has 3 rings (SSSR count). The lowest BCUT2D eigenvalue weighted by atomic mass is 9.82. The predicted octanol–water partition coefficient (Wildman–Crippen LogP) is 1.67. The van der Waals surface area contributed by atoms with Crippen LogP contribution in [0.2, 0.25) is 0 Å². The van der Waals surface area contributed by atoms with E-state index in [2.05, 4.69) is 4.57 Å². The molecule has 18 heavy (non-hydrogen) atoms. The SMILES string of the molecule is CN(CC1CC(O)C1)C(=O)c1cccn1C1CC1. The fourth-order valence-electron chi connectivity index (χ4n) is 2.76. The number of hydrogen-bond donors (Lipinski definition) is 1. The largest absolute Gasteiger partial charge is 0.393 e. The zero-order chi connectivity index (χ0) is 12.7. The molecule has 98 valence electrons. The van der Waals surface area contributed by atoms with Gasteiger partial charge in [0.1, 0.15) is 5.69 Å². The number of aromatic nitrogens is 1. The van der Waals surface area contributed by atoms with Crippen LogP contribution in [0.5, 0.6) is 0 Å². The van der Waals surface area contributed by atoms with Gasteiger partial charge in [-0.3, -0.25) is 4.79 Å². The van der Waals surface area contributed by atoms with Crippen molar-refractivity contribution >= 4 is 5.91 Å². The van der Waals surface area contributed by atoms with Gasteiger partial charge in [-0.05, 0) is 43.7 Å². The van der Waals surface area contributed by atoms with Gasteiger partial charge in [0.2, 0.25) is 0 Å². The first-order valence-electron chi connectivity index (χ1n) is 6.75. The molecule has 4 heteroatoms. The molecule has 2 aliphatic carbocycles. The average molecular weight is 248 g/mol. The van der Waals surface area contributed by atoms with E-state index in [-0.39, 0.29) is 12.0 Å². The molecule has 0 aromatic carbocycles. The van der Waals surface area contributed by atoms with Gasteiger partial charge in [0.25, 0.3) is 5.91 Å². The maximum Gasteiger partial charge on any atom is 0.270 e. The number of aliphatic hydroxyl groups excluding tert-OH is 1. The third kappa shape index (κ3) is 2.17. The summed E-state index contributed by atoms with van der Waals surface area (Å²) in [4.78, 5) is 14.2. The highest BCUT2D eigenvalue weighted by Crippen LogP contribution is 2.36. The summed E-state index contributed by atoms with van der Waals surface area (Å²) < 4.78 is 2.11. The Hall–Kier alpha value is -1.29. The van der Waals surface area contributed by atoms with Gasteiger partial charge in [-0.15, -0.1) is 0 Å². The molecular formula is C14H20N2O2. The fraction of sp³-hybridized carbons (Fsp3) is 0.643. The van der Waals surface area contributed by atoms with E-state index in [4.69, 9.17) is 0 Å². The smallest absolute Gasteiger partial charge is 0.270 e. The van der Waals surface area contributed by atoms with Crippen molar-refractivity contribution in [2.45, 2.75) is 37.8 Å². The molecular weight excluding hydrogens is 228 g/mol. The van der Waals surface area contributed by atoms with E-state index < -0.39 is 0 Å². The minimum Gasteiger partial charge on any atom is -0.393 e. The van der Waals surface area contributed by atoms with E-state index in [0.717, 1.165) is 25.1 Å². The van der Waals surface area contributed by atoms with Gasteiger partial charge in [-0.1, -0.05) is 0 Å². The Morgan fingerprint density at radius 2 is 2.22 bits per heavy atom. The van der Waals surface area contributed by atoms with Crippen molar-refractivity contribution in [2.75, 3.05) is 13.6 Å². The molecule has 1 heterocycles. The Bertz CT molecular complexity index is 444. The summed E-state index contributed by atoms with van der Waals surface area (Å²) in [5.74, 6) is 0.576. The van der Waals surface area contributed by atoms with Crippen LogP contribution >= 0.6 is 0 Å². The number of nitrogens with zero attached hydrogens (tertiary/aromatic N) is 2. The molecule has 1 aromatic heterocycles. The molecule has 1 amide bonds. The zero-order valence-corrected chi connectivity index (χ0v) is 10.7. The number of rotatable bonds is 4. The molecule has 0 aliphatic heterocycles. The first-order chi connectivity index (χ1) is 8.65. The van der Waals surface area contributed by atoms with Crippen molar-refractivity contribution in [3.63, 3.8) is 0 Å². The van der Waals surface area contributed by atoms with Gasteiger partial charge in [0, 0.05) is 25.8 Å². The second kappa shape index (κ2) is 4.43. The summed E-state index contributed by atoms with van der Waals surface area (Å²) in [6, 6.07) is 4.40. The van der Waals surface area contributed by atoms with Crippen molar-refractivity contribution < 1.29 is 9.90 Å². The van der Waals surface area contributed by atoms with E-state index in [9.17, 15) is 9.90 Å². The average Bonchev–Trinajstić information content (AvgIpc) is 3.04. The van der Waals surface area contributed by atoms with Crippen molar-refractivity contribution in [2.24, 2.45) is 5.92 Å². The van der Waals surface area contributed by atoms with Gasteiger partial charge in [0.15, 0.2) is 0 Å². The number of carbonyl (C=O) groups is 1. The van der Waals surface area contributed by atoms with Gasteiger partial charge in [0.05, 0.1) is 6.10 Å². The summed E-state index contributed by atoms with van der Waals surface area (Å²) in [5.41, 5.74) is 0.805. The lowest BCUT2D eigenvalue weighted by Crippen LogP contribution is -2.40. The van der Waals surface area contributed by atoms with E-state index in [0.29, 0.717) is 12.0 Å². The van der Waals surface area contributed by atoms with Crippen LogP contribution < -0.4 is 0 Å². The standard InChI is InChI=1S/C14H20N2O2/c1-15(9-10-7-12(17)8-10)14(18)13-3-2-6-16(13)11-4-5-11/h2-3,6,10-12,17H,4-5,7-9H2,1H3. The lowest BCUT2D eigenvalue weighted by Gasteiger charge is -2.34. The van der Waals surface area contributed by atoms with Crippen molar-refractivity contribution in [1.29, 1.82) is 0 Å². The molecule has 0 bridgehead atoms. The summed E-state index contributed by atoms with van der Waals surface area (Å²) in [6.07, 6.45) is 5.91. The van der Waals surface area contributed by atoms with Crippen LogP contribution in [-0.2, 0) is 0 Å². The van der Waals surface area contributed by atoms with Crippen molar-refractivity contribution in [3.8, 4) is 0 Å². The van der Waals surface area contributed by atoms with Crippen molar-refractivity contribution in [3.05, 3.63) is 24.0 Å². The van der Waals surface area contributed by atoms with Gasteiger partial charge < -0.3 is 14.6 Å². The van der Waals surface area contributed by atoms with Crippen LogP contribution in [-0.4, -0.2) is 40.2 Å². The molecule has 2 aliphatic rings. The zero-order valence-electron chi connectivity index (χ0n) is 10.7. The summed E-state index contributed by atoms with van der Waals surface area (Å²) in [7, 11) is 1.86. The summed E-state index contributed by atoms with van der Waals surface area (Å²) in [5, 5.41) is 9.27. The molecule has 0 radical (unpaired) electrons. The van der Waals surface area contributed by atoms with E-state index in [1.54, 1.807) is 4.90 Å². The molecule has 4 nitrogen and oxygen atoms in total. The Kier molecular flexibility index (Phi) is 2.90.